The Hall–Kier alpha value is -3.09. The number of likely N-dealkylation sites (N-methyl/N-ethyl adjacent to an activating group) is 1. The van der Waals surface area contributed by atoms with Gasteiger partial charge in [-0.2, -0.15) is 0 Å². The monoisotopic (exact) mass is 439 g/mol. The van der Waals surface area contributed by atoms with Gasteiger partial charge in [0.1, 0.15) is 6.04 Å². The molecule has 3 aromatic rings. The van der Waals surface area contributed by atoms with Gasteiger partial charge in [-0.1, -0.05) is 60.1 Å². The molecular weight excluding hydrogens is 414 g/mol. The lowest BCUT2D eigenvalue weighted by Gasteiger charge is -2.27. The predicted molar refractivity (Wildman–Crippen MR) is 121 cm³/mol. The summed E-state index contributed by atoms with van der Waals surface area (Å²) in [6.45, 7) is 0.345. The number of nitrogens with one attached hydrogen (secondary N) is 2. The van der Waals surface area contributed by atoms with E-state index in [9.17, 15) is 9.59 Å². The highest BCUT2D eigenvalue weighted by molar-refractivity contribution is 6.31. The van der Waals surface area contributed by atoms with Gasteiger partial charge in [0, 0.05) is 18.0 Å². The first-order chi connectivity index (χ1) is 15.0. The first-order valence-corrected chi connectivity index (χ1v) is 10.4. The number of carbonyl (C=O) groups is 2. The molecule has 3 rings (SSSR count). The third kappa shape index (κ3) is 6.20. The summed E-state index contributed by atoms with van der Waals surface area (Å²) in [6.07, 6.45) is 1.78. The molecule has 1 heterocycles. The Balaban J connectivity index is 1.73. The number of benzene rings is 2. The van der Waals surface area contributed by atoms with Gasteiger partial charge in [0.15, 0.2) is 5.76 Å². The Kier molecular flexibility index (Phi) is 7.87. The summed E-state index contributed by atoms with van der Waals surface area (Å²) in [7, 11) is 3.86. The summed E-state index contributed by atoms with van der Waals surface area (Å²) >= 11 is 6.37. The van der Waals surface area contributed by atoms with Gasteiger partial charge in [0.2, 0.25) is 5.91 Å². The number of furan rings is 1. The maximum atomic E-state index is 13.1. The van der Waals surface area contributed by atoms with Gasteiger partial charge in [-0.15, -0.1) is 0 Å². The van der Waals surface area contributed by atoms with Crippen molar-refractivity contribution >= 4 is 23.4 Å². The van der Waals surface area contributed by atoms with Crippen molar-refractivity contribution in [2.45, 2.75) is 18.5 Å². The van der Waals surface area contributed by atoms with Crippen molar-refractivity contribution < 1.29 is 14.0 Å². The fourth-order valence-electron chi connectivity index (χ4n) is 3.33. The second kappa shape index (κ2) is 10.8. The molecule has 0 saturated heterocycles. The Bertz CT molecular complexity index is 990. The molecule has 2 unspecified atom stereocenters. The van der Waals surface area contributed by atoms with Crippen LogP contribution in [0.4, 0.5) is 0 Å². The largest absolute Gasteiger partial charge is 0.459 e. The summed E-state index contributed by atoms with van der Waals surface area (Å²) in [6, 6.07) is 19.4. The van der Waals surface area contributed by atoms with Crippen molar-refractivity contribution in [2.75, 3.05) is 20.6 Å². The summed E-state index contributed by atoms with van der Waals surface area (Å²) < 4.78 is 5.16. The molecule has 0 aliphatic carbocycles. The van der Waals surface area contributed by atoms with E-state index in [0.29, 0.717) is 18.0 Å². The smallest absolute Gasteiger partial charge is 0.287 e. The van der Waals surface area contributed by atoms with Crippen LogP contribution in [-0.4, -0.2) is 43.4 Å². The molecule has 2 amide bonds. The van der Waals surface area contributed by atoms with Crippen LogP contribution >= 0.6 is 11.6 Å². The lowest BCUT2D eigenvalue weighted by atomic mass is 10.0. The SMILES string of the molecule is CN(C)C(CNC(=O)C(Cc1ccccc1)NC(=O)c1ccco1)c1ccccc1Cl. The van der Waals surface area contributed by atoms with Crippen LogP contribution in [0.3, 0.4) is 0 Å². The zero-order valence-electron chi connectivity index (χ0n) is 17.5. The van der Waals surface area contributed by atoms with Crippen LogP contribution in [0, 0.1) is 0 Å². The Morgan fingerprint density at radius 2 is 1.71 bits per heavy atom. The maximum absolute atomic E-state index is 13.1. The van der Waals surface area contributed by atoms with Crippen LogP contribution in [0.5, 0.6) is 0 Å². The molecule has 0 bridgehead atoms. The summed E-state index contributed by atoms with van der Waals surface area (Å²) in [5.41, 5.74) is 1.87. The number of hydrogen-bond acceptors (Lipinski definition) is 4. The van der Waals surface area contributed by atoms with E-state index in [1.54, 1.807) is 12.1 Å². The Morgan fingerprint density at radius 3 is 2.35 bits per heavy atom. The molecule has 31 heavy (non-hydrogen) atoms. The number of carbonyl (C=O) groups excluding carboxylic acids is 2. The van der Waals surface area contributed by atoms with Crippen LogP contribution in [0.25, 0.3) is 0 Å². The fourth-order valence-corrected chi connectivity index (χ4v) is 3.59. The van der Waals surface area contributed by atoms with E-state index in [1.807, 2.05) is 73.6 Å². The number of hydrogen-bond donors (Lipinski definition) is 2. The molecule has 162 valence electrons. The number of rotatable bonds is 9. The lowest BCUT2D eigenvalue weighted by Crippen LogP contribution is -2.49. The van der Waals surface area contributed by atoms with Crippen LogP contribution < -0.4 is 10.6 Å². The fraction of sp³-hybridized carbons (Fsp3) is 0.250. The second-order valence-corrected chi connectivity index (χ2v) is 7.85. The molecule has 7 heteroatoms. The lowest BCUT2D eigenvalue weighted by molar-refractivity contribution is -0.123. The quantitative estimate of drug-likeness (QED) is 0.533. The molecule has 1 aromatic heterocycles. The molecule has 2 atom stereocenters. The van der Waals surface area contributed by atoms with Gasteiger partial charge in [0.05, 0.1) is 12.3 Å². The predicted octanol–water partition coefficient (Wildman–Crippen LogP) is 3.69. The number of halogens is 1. The molecule has 0 fully saturated rings. The van der Waals surface area contributed by atoms with Crippen molar-refractivity contribution in [1.29, 1.82) is 0 Å². The number of nitrogens with zero attached hydrogens (tertiary/aromatic N) is 1. The molecule has 2 aromatic carbocycles. The van der Waals surface area contributed by atoms with Crippen LogP contribution in [0.2, 0.25) is 5.02 Å². The second-order valence-electron chi connectivity index (χ2n) is 7.44. The average Bonchev–Trinajstić information content (AvgIpc) is 3.30. The van der Waals surface area contributed by atoms with Gasteiger partial charge in [-0.25, -0.2) is 0 Å². The minimum Gasteiger partial charge on any atom is -0.459 e. The van der Waals surface area contributed by atoms with Crippen molar-refractivity contribution in [2.24, 2.45) is 0 Å². The van der Waals surface area contributed by atoms with E-state index in [0.717, 1.165) is 11.1 Å². The molecule has 2 N–H and O–H groups in total. The topological polar surface area (TPSA) is 74.6 Å². The van der Waals surface area contributed by atoms with Gasteiger partial charge in [-0.05, 0) is 43.4 Å². The maximum Gasteiger partial charge on any atom is 0.287 e. The van der Waals surface area contributed by atoms with E-state index in [4.69, 9.17) is 16.0 Å². The van der Waals surface area contributed by atoms with Crippen molar-refractivity contribution in [3.63, 3.8) is 0 Å². The van der Waals surface area contributed by atoms with E-state index in [2.05, 4.69) is 10.6 Å². The van der Waals surface area contributed by atoms with Crippen molar-refractivity contribution in [3.05, 3.63) is 94.9 Å². The normalized spacial score (nSPS) is 12.9. The summed E-state index contributed by atoms with van der Waals surface area (Å²) in [5.74, 6) is -0.549. The molecule has 0 saturated carbocycles. The summed E-state index contributed by atoms with van der Waals surface area (Å²) in [5, 5.41) is 6.40. The van der Waals surface area contributed by atoms with Crippen LogP contribution in [-0.2, 0) is 11.2 Å². The first-order valence-electron chi connectivity index (χ1n) is 10.0. The van der Waals surface area contributed by atoms with E-state index in [-0.39, 0.29) is 17.7 Å². The average molecular weight is 440 g/mol. The van der Waals surface area contributed by atoms with E-state index >= 15 is 0 Å². The molecule has 0 aliphatic rings. The summed E-state index contributed by atoms with van der Waals surface area (Å²) in [4.78, 5) is 27.6. The van der Waals surface area contributed by atoms with Crippen LogP contribution in [0.1, 0.15) is 27.7 Å². The highest BCUT2D eigenvalue weighted by atomic mass is 35.5. The molecule has 6 nitrogen and oxygen atoms in total. The highest BCUT2D eigenvalue weighted by Crippen LogP contribution is 2.25. The minimum atomic E-state index is -0.756. The highest BCUT2D eigenvalue weighted by Gasteiger charge is 2.25. The Morgan fingerprint density at radius 1 is 1.00 bits per heavy atom. The molecule has 0 radical (unpaired) electrons. The standard InChI is InChI=1S/C24H26ClN3O3/c1-28(2)21(18-11-6-7-12-19(18)25)16-26-23(29)20(15-17-9-4-3-5-10-17)27-24(30)22-13-8-14-31-22/h3-14,20-21H,15-16H2,1-2H3,(H,26,29)(H,27,30). The van der Waals surface area contributed by atoms with Gasteiger partial charge in [0.25, 0.3) is 5.91 Å². The van der Waals surface area contributed by atoms with Crippen LogP contribution in [0.15, 0.2) is 77.4 Å². The third-order valence-electron chi connectivity index (χ3n) is 5.01. The van der Waals surface area contributed by atoms with Crippen molar-refractivity contribution in [1.82, 2.24) is 15.5 Å². The Labute approximate surface area is 187 Å². The van der Waals surface area contributed by atoms with Crippen molar-refractivity contribution in [3.8, 4) is 0 Å². The minimum absolute atomic E-state index is 0.115. The van der Waals surface area contributed by atoms with Gasteiger partial charge < -0.3 is 20.0 Å². The van der Waals surface area contributed by atoms with E-state index < -0.39 is 11.9 Å². The first kappa shape index (κ1) is 22.6. The molecular formula is C24H26ClN3O3. The zero-order valence-corrected chi connectivity index (χ0v) is 18.3. The molecule has 0 aliphatic heterocycles. The molecule has 0 spiro atoms. The van der Waals surface area contributed by atoms with Gasteiger partial charge >= 0.3 is 0 Å². The third-order valence-corrected chi connectivity index (χ3v) is 5.35. The van der Waals surface area contributed by atoms with E-state index in [1.165, 1.54) is 6.26 Å². The van der Waals surface area contributed by atoms with Gasteiger partial charge in [-0.3, -0.25) is 9.59 Å². The zero-order chi connectivity index (χ0) is 22.2. The number of amides is 2.